The van der Waals surface area contributed by atoms with Gasteiger partial charge in [0.25, 0.3) is 0 Å². The molecule has 2 unspecified atom stereocenters. The predicted octanol–water partition coefficient (Wildman–Crippen LogP) is 4.08. The van der Waals surface area contributed by atoms with Gasteiger partial charge in [-0.1, -0.05) is 45.0 Å². The van der Waals surface area contributed by atoms with Crippen LogP contribution in [0.15, 0.2) is 24.3 Å². The Morgan fingerprint density at radius 3 is 2.65 bits per heavy atom. The second kappa shape index (κ2) is 4.81. The second-order valence-corrected chi connectivity index (χ2v) is 6.62. The van der Waals surface area contributed by atoms with Crippen LogP contribution in [0.3, 0.4) is 0 Å². The number of nitrogens with two attached hydrogens (primary N) is 1. The maximum atomic E-state index is 6.42. The molecule has 1 aromatic rings. The SMILES string of the molecule is CC(C)(C)CCC1CCc2ccccc2C1N. The van der Waals surface area contributed by atoms with Gasteiger partial charge < -0.3 is 5.73 Å². The molecule has 0 fully saturated rings. The number of fused-ring (bicyclic) bond motifs is 1. The first-order valence-corrected chi connectivity index (χ1v) is 6.81. The molecule has 2 rings (SSSR count). The maximum Gasteiger partial charge on any atom is 0.0326 e. The first-order valence-electron chi connectivity index (χ1n) is 6.81. The average Bonchev–Trinajstić information content (AvgIpc) is 2.27. The van der Waals surface area contributed by atoms with E-state index in [9.17, 15) is 0 Å². The Morgan fingerprint density at radius 2 is 1.94 bits per heavy atom. The van der Waals surface area contributed by atoms with E-state index in [4.69, 9.17) is 5.73 Å². The van der Waals surface area contributed by atoms with Crippen molar-refractivity contribution in [3.05, 3.63) is 35.4 Å². The van der Waals surface area contributed by atoms with Crippen molar-refractivity contribution in [1.82, 2.24) is 0 Å². The summed E-state index contributed by atoms with van der Waals surface area (Å²) in [6.07, 6.45) is 5.00. The Labute approximate surface area is 105 Å². The maximum absolute atomic E-state index is 6.42. The quantitative estimate of drug-likeness (QED) is 0.815. The van der Waals surface area contributed by atoms with E-state index in [1.54, 1.807) is 0 Å². The smallest absolute Gasteiger partial charge is 0.0326 e. The molecule has 2 atom stereocenters. The van der Waals surface area contributed by atoms with Crippen LogP contribution in [0.2, 0.25) is 0 Å². The van der Waals surface area contributed by atoms with E-state index >= 15 is 0 Å². The summed E-state index contributed by atoms with van der Waals surface area (Å²) in [5.41, 5.74) is 9.70. The van der Waals surface area contributed by atoms with Crippen LogP contribution in [0.25, 0.3) is 0 Å². The van der Waals surface area contributed by atoms with Crippen molar-refractivity contribution in [3.63, 3.8) is 0 Å². The van der Waals surface area contributed by atoms with E-state index in [0.29, 0.717) is 11.3 Å². The Morgan fingerprint density at radius 1 is 1.24 bits per heavy atom. The molecule has 0 amide bonds. The summed E-state index contributed by atoms with van der Waals surface area (Å²) < 4.78 is 0. The lowest BCUT2D eigenvalue weighted by molar-refractivity contribution is 0.278. The monoisotopic (exact) mass is 231 g/mol. The highest BCUT2D eigenvalue weighted by molar-refractivity contribution is 5.32. The fourth-order valence-corrected chi connectivity index (χ4v) is 2.80. The van der Waals surface area contributed by atoms with E-state index < -0.39 is 0 Å². The van der Waals surface area contributed by atoms with Crippen molar-refractivity contribution in [1.29, 1.82) is 0 Å². The molecule has 0 heterocycles. The van der Waals surface area contributed by atoms with Gasteiger partial charge in [-0.2, -0.15) is 0 Å². The minimum absolute atomic E-state index is 0.252. The molecule has 0 saturated heterocycles. The highest BCUT2D eigenvalue weighted by atomic mass is 14.7. The Balaban J connectivity index is 2.05. The fraction of sp³-hybridized carbons (Fsp3) is 0.625. The first kappa shape index (κ1) is 12.6. The standard InChI is InChI=1S/C16H25N/c1-16(2,3)11-10-13-9-8-12-6-4-5-7-14(12)15(13)17/h4-7,13,15H,8-11,17H2,1-3H3. The molecule has 1 nitrogen and oxygen atoms in total. The number of hydrogen-bond acceptors (Lipinski definition) is 1. The molecule has 0 aliphatic heterocycles. The normalized spacial score (nSPS) is 24.5. The molecule has 17 heavy (non-hydrogen) atoms. The third kappa shape index (κ3) is 3.10. The predicted molar refractivity (Wildman–Crippen MR) is 73.9 cm³/mol. The van der Waals surface area contributed by atoms with E-state index in [2.05, 4.69) is 45.0 Å². The second-order valence-electron chi connectivity index (χ2n) is 6.62. The van der Waals surface area contributed by atoms with Gasteiger partial charge in [0, 0.05) is 6.04 Å². The van der Waals surface area contributed by atoms with E-state index in [-0.39, 0.29) is 6.04 Å². The lowest BCUT2D eigenvalue weighted by atomic mass is 9.75. The van der Waals surface area contributed by atoms with Crippen molar-refractivity contribution >= 4 is 0 Å². The first-order chi connectivity index (χ1) is 7.97. The molecule has 1 aromatic carbocycles. The lowest BCUT2D eigenvalue weighted by Gasteiger charge is -2.32. The number of rotatable bonds is 2. The van der Waals surface area contributed by atoms with Crippen LogP contribution in [0, 0.1) is 11.3 Å². The molecule has 0 saturated carbocycles. The molecular weight excluding hydrogens is 206 g/mol. The van der Waals surface area contributed by atoms with Crippen LogP contribution in [0.5, 0.6) is 0 Å². The zero-order valence-corrected chi connectivity index (χ0v) is 11.4. The Hall–Kier alpha value is -0.820. The topological polar surface area (TPSA) is 26.0 Å². The molecule has 1 aliphatic carbocycles. The minimum Gasteiger partial charge on any atom is -0.324 e. The van der Waals surface area contributed by atoms with Gasteiger partial charge >= 0.3 is 0 Å². The van der Waals surface area contributed by atoms with Crippen LogP contribution in [-0.4, -0.2) is 0 Å². The highest BCUT2D eigenvalue weighted by Crippen LogP contribution is 2.37. The van der Waals surface area contributed by atoms with Crippen molar-refractivity contribution in [2.24, 2.45) is 17.1 Å². The molecule has 0 radical (unpaired) electrons. The lowest BCUT2D eigenvalue weighted by Crippen LogP contribution is -2.28. The molecule has 0 bridgehead atoms. The summed E-state index contributed by atoms with van der Waals surface area (Å²) in [6, 6.07) is 8.94. The van der Waals surface area contributed by atoms with Crippen LogP contribution in [-0.2, 0) is 6.42 Å². The summed E-state index contributed by atoms with van der Waals surface area (Å²) in [7, 11) is 0. The molecule has 1 heteroatoms. The van der Waals surface area contributed by atoms with Crippen LogP contribution >= 0.6 is 0 Å². The van der Waals surface area contributed by atoms with Gasteiger partial charge in [-0.3, -0.25) is 0 Å². The fourth-order valence-electron chi connectivity index (χ4n) is 2.80. The van der Waals surface area contributed by atoms with Gasteiger partial charge in [0.15, 0.2) is 0 Å². The van der Waals surface area contributed by atoms with Crippen molar-refractivity contribution in [2.75, 3.05) is 0 Å². The molecule has 2 N–H and O–H groups in total. The zero-order valence-electron chi connectivity index (χ0n) is 11.4. The molecular formula is C16H25N. The largest absolute Gasteiger partial charge is 0.324 e. The summed E-state index contributed by atoms with van der Waals surface area (Å²) in [6.45, 7) is 6.94. The average molecular weight is 231 g/mol. The van der Waals surface area contributed by atoms with Gasteiger partial charge in [-0.15, -0.1) is 0 Å². The summed E-state index contributed by atoms with van der Waals surface area (Å²) >= 11 is 0. The summed E-state index contributed by atoms with van der Waals surface area (Å²) in [5.74, 6) is 0.670. The van der Waals surface area contributed by atoms with Crippen molar-refractivity contribution in [2.45, 2.75) is 52.5 Å². The van der Waals surface area contributed by atoms with Crippen molar-refractivity contribution < 1.29 is 0 Å². The molecule has 1 aliphatic rings. The molecule has 94 valence electrons. The summed E-state index contributed by atoms with van der Waals surface area (Å²) in [4.78, 5) is 0. The Kier molecular flexibility index (Phi) is 3.58. The van der Waals surface area contributed by atoms with E-state index in [0.717, 1.165) is 0 Å². The van der Waals surface area contributed by atoms with E-state index in [1.165, 1.54) is 36.8 Å². The van der Waals surface area contributed by atoms with Crippen LogP contribution < -0.4 is 5.73 Å². The van der Waals surface area contributed by atoms with Gasteiger partial charge in [-0.25, -0.2) is 0 Å². The van der Waals surface area contributed by atoms with Crippen LogP contribution in [0.4, 0.5) is 0 Å². The van der Waals surface area contributed by atoms with Gasteiger partial charge in [0.05, 0.1) is 0 Å². The third-order valence-corrected chi connectivity index (χ3v) is 3.97. The zero-order chi connectivity index (χ0) is 12.5. The summed E-state index contributed by atoms with van der Waals surface area (Å²) in [5, 5.41) is 0. The Bertz CT molecular complexity index is 375. The van der Waals surface area contributed by atoms with Gasteiger partial charge in [-0.05, 0) is 48.1 Å². The van der Waals surface area contributed by atoms with Crippen LogP contribution in [0.1, 0.15) is 57.2 Å². The molecule has 0 aromatic heterocycles. The highest BCUT2D eigenvalue weighted by Gasteiger charge is 2.27. The minimum atomic E-state index is 0.252. The van der Waals surface area contributed by atoms with Crippen molar-refractivity contribution in [3.8, 4) is 0 Å². The van der Waals surface area contributed by atoms with E-state index in [1.807, 2.05) is 0 Å². The molecule has 0 spiro atoms. The number of hydrogen-bond donors (Lipinski definition) is 1. The number of benzene rings is 1. The third-order valence-electron chi connectivity index (χ3n) is 3.97. The van der Waals surface area contributed by atoms with Gasteiger partial charge in [0.2, 0.25) is 0 Å². The van der Waals surface area contributed by atoms with Gasteiger partial charge in [0.1, 0.15) is 0 Å². The number of aryl methyl sites for hydroxylation is 1.